The molecule has 1 amide bonds. The summed E-state index contributed by atoms with van der Waals surface area (Å²) in [5.41, 5.74) is 0. The molecule has 1 aliphatic rings. The Hall–Kier alpha value is -0.770. The minimum absolute atomic E-state index is 0.245. The highest BCUT2D eigenvalue weighted by Crippen LogP contribution is 2.11. The predicted molar refractivity (Wildman–Crippen MR) is 50.6 cm³/mol. The third-order valence-corrected chi connectivity index (χ3v) is 2.42. The Bertz CT molecular complexity index is 167. The predicted octanol–water partition coefficient (Wildman–Crippen LogP) is 0.684. The quantitative estimate of drug-likeness (QED) is 0.689. The van der Waals surface area contributed by atoms with Gasteiger partial charge >= 0.3 is 6.09 Å². The highest BCUT2D eigenvalue weighted by Gasteiger charge is 2.17. The van der Waals surface area contributed by atoms with Crippen molar-refractivity contribution in [2.45, 2.75) is 12.8 Å². The van der Waals surface area contributed by atoms with Gasteiger partial charge in [-0.1, -0.05) is 0 Å². The first-order valence-corrected chi connectivity index (χ1v) is 4.74. The van der Waals surface area contributed by atoms with Crippen LogP contribution in [-0.4, -0.2) is 44.8 Å². The molecule has 4 nitrogen and oxygen atoms in total. The van der Waals surface area contributed by atoms with Crippen molar-refractivity contribution < 1.29 is 9.53 Å². The van der Waals surface area contributed by atoms with E-state index in [1.165, 1.54) is 20.0 Å². The molecule has 4 heteroatoms. The van der Waals surface area contributed by atoms with Gasteiger partial charge in [0.2, 0.25) is 0 Å². The van der Waals surface area contributed by atoms with Crippen molar-refractivity contribution in [2.75, 3.05) is 33.8 Å². The van der Waals surface area contributed by atoms with Gasteiger partial charge in [-0.05, 0) is 31.8 Å². The SMILES string of the molecule is COC(=O)N(C)CC1CCCNC1. The summed E-state index contributed by atoms with van der Waals surface area (Å²) in [7, 11) is 3.19. The number of nitrogens with one attached hydrogen (secondary N) is 1. The van der Waals surface area contributed by atoms with Crippen LogP contribution in [0.2, 0.25) is 0 Å². The third-order valence-electron chi connectivity index (χ3n) is 2.42. The molecule has 13 heavy (non-hydrogen) atoms. The lowest BCUT2D eigenvalue weighted by molar-refractivity contribution is 0.124. The summed E-state index contributed by atoms with van der Waals surface area (Å²) in [6.45, 7) is 2.92. The number of nitrogens with zero attached hydrogens (tertiary/aromatic N) is 1. The molecule has 0 saturated carbocycles. The molecule has 1 rings (SSSR count). The topological polar surface area (TPSA) is 41.6 Å². The Morgan fingerprint density at radius 3 is 3.00 bits per heavy atom. The molecular formula is C9H18N2O2. The number of carbonyl (C=O) groups is 1. The molecule has 0 bridgehead atoms. The summed E-state index contributed by atoms with van der Waals surface area (Å²) in [4.78, 5) is 12.7. The normalized spacial score (nSPS) is 22.5. The van der Waals surface area contributed by atoms with Gasteiger partial charge in [0.1, 0.15) is 0 Å². The Morgan fingerprint density at radius 1 is 1.69 bits per heavy atom. The van der Waals surface area contributed by atoms with E-state index >= 15 is 0 Å². The average Bonchev–Trinajstić information content (AvgIpc) is 2.18. The van der Waals surface area contributed by atoms with Gasteiger partial charge in [0.15, 0.2) is 0 Å². The molecule has 1 atom stereocenters. The van der Waals surface area contributed by atoms with Gasteiger partial charge in [-0.3, -0.25) is 0 Å². The summed E-state index contributed by atoms with van der Waals surface area (Å²) >= 11 is 0. The van der Waals surface area contributed by atoms with Gasteiger partial charge in [0, 0.05) is 13.6 Å². The van der Waals surface area contributed by atoms with Crippen molar-refractivity contribution in [3.8, 4) is 0 Å². The minimum atomic E-state index is -0.245. The van der Waals surface area contributed by atoms with Crippen molar-refractivity contribution in [3.05, 3.63) is 0 Å². The largest absolute Gasteiger partial charge is 0.453 e. The zero-order chi connectivity index (χ0) is 9.68. The fourth-order valence-corrected chi connectivity index (χ4v) is 1.70. The van der Waals surface area contributed by atoms with Crippen LogP contribution in [0.15, 0.2) is 0 Å². The van der Waals surface area contributed by atoms with Crippen molar-refractivity contribution in [2.24, 2.45) is 5.92 Å². The van der Waals surface area contributed by atoms with Gasteiger partial charge in [0.25, 0.3) is 0 Å². The average molecular weight is 186 g/mol. The fourth-order valence-electron chi connectivity index (χ4n) is 1.70. The van der Waals surface area contributed by atoms with Crippen LogP contribution in [0, 0.1) is 5.92 Å². The van der Waals surface area contributed by atoms with Crippen LogP contribution < -0.4 is 5.32 Å². The molecule has 0 aliphatic carbocycles. The molecule has 1 aliphatic heterocycles. The lowest BCUT2D eigenvalue weighted by Gasteiger charge is -2.26. The Balaban J connectivity index is 2.25. The maximum absolute atomic E-state index is 11.1. The standard InChI is InChI=1S/C9H18N2O2/c1-11(9(12)13-2)7-8-4-3-5-10-6-8/h8,10H,3-7H2,1-2H3. The van der Waals surface area contributed by atoms with E-state index in [1.54, 1.807) is 11.9 Å². The van der Waals surface area contributed by atoms with Crippen LogP contribution in [0.3, 0.4) is 0 Å². The molecule has 76 valence electrons. The van der Waals surface area contributed by atoms with Crippen LogP contribution >= 0.6 is 0 Å². The summed E-state index contributed by atoms with van der Waals surface area (Å²) in [6.07, 6.45) is 2.17. The highest BCUT2D eigenvalue weighted by atomic mass is 16.5. The molecule has 1 unspecified atom stereocenters. The van der Waals surface area contributed by atoms with Gasteiger partial charge in [0.05, 0.1) is 7.11 Å². The lowest BCUT2D eigenvalue weighted by Crippen LogP contribution is -2.39. The summed E-state index contributed by atoms with van der Waals surface area (Å²) in [6, 6.07) is 0. The number of ether oxygens (including phenoxy) is 1. The van der Waals surface area contributed by atoms with Gasteiger partial charge in [-0.25, -0.2) is 4.79 Å². The third kappa shape index (κ3) is 3.22. The number of piperidine rings is 1. The van der Waals surface area contributed by atoms with Gasteiger partial charge in [-0.2, -0.15) is 0 Å². The Kier molecular flexibility index (Phi) is 4.02. The zero-order valence-electron chi connectivity index (χ0n) is 8.38. The first-order valence-electron chi connectivity index (χ1n) is 4.74. The minimum Gasteiger partial charge on any atom is -0.453 e. The molecule has 0 aromatic carbocycles. The fraction of sp³-hybridized carbons (Fsp3) is 0.889. The number of rotatable bonds is 2. The van der Waals surface area contributed by atoms with Crippen molar-refractivity contribution in [3.63, 3.8) is 0 Å². The molecule has 1 heterocycles. The second-order valence-electron chi connectivity index (χ2n) is 3.56. The second kappa shape index (κ2) is 5.07. The summed E-state index contributed by atoms with van der Waals surface area (Å²) in [5.74, 6) is 0.581. The van der Waals surface area contributed by atoms with Crippen molar-refractivity contribution in [1.29, 1.82) is 0 Å². The van der Waals surface area contributed by atoms with Crippen LogP contribution in [-0.2, 0) is 4.74 Å². The maximum Gasteiger partial charge on any atom is 0.409 e. The Morgan fingerprint density at radius 2 is 2.46 bits per heavy atom. The molecule has 0 aromatic rings. The summed E-state index contributed by atoms with van der Waals surface area (Å²) in [5, 5.41) is 3.32. The van der Waals surface area contributed by atoms with Crippen LogP contribution in [0.1, 0.15) is 12.8 Å². The molecule has 0 spiro atoms. The smallest absolute Gasteiger partial charge is 0.409 e. The highest BCUT2D eigenvalue weighted by molar-refractivity contribution is 5.66. The first kappa shape index (κ1) is 10.3. The van der Waals surface area contributed by atoms with Crippen LogP contribution in [0.4, 0.5) is 4.79 Å². The molecule has 1 N–H and O–H groups in total. The number of hydrogen-bond donors (Lipinski definition) is 1. The van der Waals surface area contributed by atoms with E-state index in [4.69, 9.17) is 0 Å². The lowest BCUT2D eigenvalue weighted by atomic mass is 9.99. The van der Waals surface area contributed by atoms with E-state index in [0.29, 0.717) is 5.92 Å². The van der Waals surface area contributed by atoms with E-state index in [9.17, 15) is 4.79 Å². The van der Waals surface area contributed by atoms with E-state index in [1.807, 2.05) is 0 Å². The van der Waals surface area contributed by atoms with Gasteiger partial charge in [-0.15, -0.1) is 0 Å². The molecule has 1 saturated heterocycles. The van der Waals surface area contributed by atoms with E-state index < -0.39 is 0 Å². The monoisotopic (exact) mass is 186 g/mol. The maximum atomic E-state index is 11.1. The van der Waals surface area contributed by atoms with Crippen LogP contribution in [0.25, 0.3) is 0 Å². The number of carbonyl (C=O) groups excluding carboxylic acids is 1. The Labute approximate surface area is 79.2 Å². The number of methoxy groups -OCH3 is 1. The van der Waals surface area contributed by atoms with Crippen molar-refractivity contribution in [1.82, 2.24) is 10.2 Å². The summed E-state index contributed by atoms with van der Waals surface area (Å²) < 4.78 is 4.62. The van der Waals surface area contributed by atoms with E-state index in [2.05, 4.69) is 10.1 Å². The van der Waals surface area contributed by atoms with Crippen molar-refractivity contribution >= 4 is 6.09 Å². The van der Waals surface area contributed by atoms with Crippen LogP contribution in [0.5, 0.6) is 0 Å². The first-order chi connectivity index (χ1) is 6.24. The second-order valence-corrected chi connectivity index (χ2v) is 3.56. The number of hydrogen-bond acceptors (Lipinski definition) is 3. The molecule has 1 fully saturated rings. The van der Waals surface area contributed by atoms with Gasteiger partial charge < -0.3 is 15.0 Å². The molecule has 0 radical (unpaired) electrons. The van der Waals surface area contributed by atoms with E-state index in [-0.39, 0.29) is 6.09 Å². The van der Waals surface area contributed by atoms with E-state index in [0.717, 1.165) is 19.6 Å². The number of amides is 1. The molecular weight excluding hydrogens is 168 g/mol. The zero-order valence-corrected chi connectivity index (χ0v) is 8.38. The molecule has 0 aromatic heterocycles.